The van der Waals surface area contributed by atoms with Crippen molar-refractivity contribution in [2.24, 2.45) is 0 Å². The van der Waals surface area contributed by atoms with Gasteiger partial charge in [0.25, 0.3) is 0 Å². The van der Waals surface area contributed by atoms with Gasteiger partial charge in [-0.05, 0) is 12.8 Å². The van der Waals surface area contributed by atoms with Crippen LogP contribution in [0.4, 0.5) is 0 Å². The van der Waals surface area contributed by atoms with Crippen LogP contribution < -0.4 is 5.32 Å². The molecule has 0 saturated carbocycles. The van der Waals surface area contributed by atoms with E-state index in [1.165, 1.54) is 0 Å². The zero-order valence-electron chi connectivity index (χ0n) is 8.95. The summed E-state index contributed by atoms with van der Waals surface area (Å²) >= 11 is 0. The van der Waals surface area contributed by atoms with E-state index in [0.29, 0.717) is 25.9 Å². The predicted molar refractivity (Wildman–Crippen MR) is 55.0 cm³/mol. The van der Waals surface area contributed by atoms with Gasteiger partial charge < -0.3 is 18.1 Å². The summed E-state index contributed by atoms with van der Waals surface area (Å²) in [7, 11) is 0. The van der Waals surface area contributed by atoms with Crippen molar-refractivity contribution in [3.05, 3.63) is 12.7 Å². The van der Waals surface area contributed by atoms with Gasteiger partial charge in [-0.25, -0.2) is 0 Å². The van der Waals surface area contributed by atoms with E-state index in [4.69, 9.17) is 0 Å². The molecule has 6 heteroatoms. The summed E-state index contributed by atoms with van der Waals surface area (Å²) in [5.74, 6) is -0.0655. The molecule has 2 rings (SSSR count). The first-order valence-corrected chi connectivity index (χ1v) is 4.20. The summed E-state index contributed by atoms with van der Waals surface area (Å²) < 4.78 is 0. The number of hydrogen-bond acceptors (Lipinski definition) is 2. The molecule has 1 spiro atoms. The Labute approximate surface area is 118 Å². The third-order valence-corrected chi connectivity index (χ3v) is 2.63. The van der Waals surface area contributed by atoms with Gasteiger partial charge in [-0.1, -0.05) is 0 Å². The second-order valence-electron chi connectivity index (χ2n) is 3.40. The van der Waals surface area contributed by atoms with Gasteiger partial charge in [0, 0.05) is 41.1 Å². The summed E-state index contributed by atoms with van der Waals surface area (Å²) in [5, 5.41) is 6.92. The van der Waals surface area contributed by atoms with Crippen molar-refractivity contribution in [1.82, 2.24) is 5.32 Å². The Balaban J connectivity index is 0. The molecule has 15 heavy (non-hydrogen) atoms. The first kappa shape index (κ1) is 17.7. The predicted octanol–water partition coefficient (Wildman–Crippen LogP) is 0.0487. The van der Waals surface area contributed by atoms with Crippen molar-refractivity contribution in [3.8, 4) is 0 Å². The monoisotopic (exact) mass is 282 g/mol. The molecule has 2 saturated heterocycles. The van der Waals surface area contributed by atoms with Gasteiger partial charge >= 0.3 is 0 Å². The molecule has 4 radical (unpaired) electrons. The van der Waals surface area contributed by atoms with Crippen LogP contribution in [0, 0.1) is 7.43 Å². The quantitative estimate of drug-likeness (QED) is 0.387. The zero-order chi connectivity index (χ0) is 8.60. The van der Waals surface area contributed by atoms with Crippen molar-refractivity contribution in [2.75, 3.05) is 13.1 Å². The van der Waals surface area contributed by atoms with Gasteiger partial charge in [-0.3, -0.25) is 9.59 Å². The standard InChI is InChI=1S/C8H11N2O2.CH3.B.Y/c11-6-5-7(12)10-8(6)1-3-9-4-2-8;;;/h1-5H2,(H,10,12);1H3;;/q2*-1;;. The van der Waals surface area contributed by atoms with Crippen molar-refractivity contribution < 1.29 is 42.3 Å². The maximum Gasteiger partial charge on any atom is 0.228 e. The van der Waals surface area contributed by atoms with E-state index < -0.39 is 5.54 Å². The van der Waals surface area contributed by atoms with Gasteiger partial charge in [0.1, 0.15) is 0 Å². The number of rotatable bonds is 0. The van der Waals surface area contributed by atoms with E-state index in [2.05, 4.69) is 10.6 Å². The Morgan fingerprint density at radius 1 is 1.20 bits per heavy atom. The third kappa shape index (κ3) is 3.36. The van der Waals surface area contributed by atoms with Gasteiger partial charge in [0.2, 0.25) is 5.91 Å². The van der Waals surface area contributed by atoms with E-state index in [0.717, 1.165) is 0 Å². The maximum atomic E-state index is 11.4. The van der Waals surface area contributed by atoms with Crippen LogP contribution in [0.3, 0.4) is 0 Å². The molecule has 0 unspecified atom stereocenters. The Hall–Kier alpha value is 0.269. The average Bonchev–Trinajstić information content (AvgIpc) is 2.29. The summed E-state index contributed by atoms with van der Waals surface area (Å²) in [6.45, 7) is 1.40. The van der Waals surface area contributed by atoms with Crippen molar-refractivity contribution in [1.29, 1.82) is 0 Å². The summed E-state index contributed by atoms with van der Waals surface area (Å²) in [6.07, 6.45) is 1.45. The van der Waals surface area contributed by atoms with Crippen molar-refractivity contribution in [2.45, 2.75) is 24.8 Å². The molecule has 0 bridgehead atoms. The first-order valence-electron chi connectivity index (χ1n) is 4.20. The number of nitrogens with one attached hydrogen (secondary N) is 1. The number of amides is 1. The van der Waals surface area contributed by atoms with E-state index >= 15 is 0 Å². The number of carbonyl (C=O) groups excluding carboxylic acids is 2. The van der Waals surface area contributed by atoms with Crippen LogP contribution in [-0.4, -0.2) is 38.7 Å². The smallest absolute Gasteiger partial charge is 0.228 e. The van der Waals surface area contributed by atoms with Crippen LogP contribution in [0.25, 0.3) is 5.32 Å². The molecular formula is C9H14BN2O2Y-2. The van der Waals surface area contributed by atoms with Crippen molar-refractivity contribution >= 4 is 20.1 Å². The molecule has 0 atom stereocenters. The largest absolute Gasteiger partial charge is 0.662 e. The fourth-order valence-electron chi connectivity index (χ4n) is 1.88. The molecule has 4 nitrogen and oxygen atoms in total. The molecule has 80 valence electrons. The molecule has 2 fully saturated rings. The minimum absolute atomic E-state index is 0. The Morgan fingerprint density at radius 3 is 2.13 bits per heavy atom. The van der Waals surface area contributed by atoms with Crippen LogP contribution >= 0.6 is 0 Å². The molecular weight excluding hydrogens is 268 g/mol. The topological polar surface area (TPSA) is 60.3 Å². The summed E-state index contributed by atoms with van der Waals surface area (Å²) in [5.41, 5.74) is -0.529. The van der Waals surface area contributed by atoms with Crippen LogP contribution in [0.5, 0.6) is 0 Å². The molecule has 0 aliphatic carbocycles. The fourth-order valence-corrected chi connectivity index (χ4v) is 1.88. The van der Waals surface area contributed by atoms with Gasteiger partial charge in [0.15, 0.2) is 5.78 Å². The van der Waals surface area contributed by atoms with E-state index in [9.17, 15) is 9.59 Å². The maximum absolute atomic E-state index is 11.4. The normalized spacial score (nSPS) is 22.1. The summed E-state index contributed by atoms with van der Waals surface area (Å²) in [4.78, 5) is 22.4. The van der Waals surface area contributed by atoms with E-state index in [-0.39, 0.29) is 66.7 Å². The van der Waals surface area contributed by atoms with Gasteiger partial charge in [-0.2, -0.15) is 0 Å². The average molecular weight is 282 g/mol. The molecule has 2 heterocycles. The van der Waals surface area contributed by atoms with Crippen LogP contribution in [0.2, 0.25) is 0 Å². The first-order chi connectivity index (χ1) is 5.73. The SMILES string of the molecule is O=C1CC(=O)C2(CC[N-]CC2)N1.[B].[CH3-].[Y]. The van der Waals surface area contributed by atoms with E-state index in [1.54, 1.807) is 0 Å². The molecule has 1 N–H and O–H groups in total. The molecule has 1 amide bonds. The van der Waals surface area contributed by atoms with Crippen LogP contribution in [0.1, 0.15) is 19.3 Å². The molecule has 0 aromatic rings. The number of ketones is 1. The molecule has 2 aliphatic rings. The third-order valence-electron chi connectivity index (χ3n) is 2.63. The number of carbonyl (C=O) groups is 2. The van der Waals surface area contributed by atoms with Crippen molar-refractivity contribution in [3.63, 3.8) is 0 Å². The Bertz CT molecular complexity index is 242. The van der Waals surface area contributed by atoms with E-state index in [1.807, 2.05) is 0 Å². The fraction of sp³-hybridized carbons (Fsp3) is 0.667. The zero-order valence-corrected chi connectivity index (χ0v) is 11.8. The minimum atomic E-state index is -0.529. The number of Topliss-reactive ketones (excluding diaryl/α,β-unsaturated/α-hetero) is 1. The second-order valence-corrected chi connectivity index (χ2v) is 3.40. The molecule has 0 aromatic heterocycles. The Kier molecular flexibility index (Phi) is 7.96. The minimum Gasteiger partial charge on any atom is -0.662 e. The van der Waals surface area contributed by atoms with Crippen LogP contribution in [0.15, 0.2) is 0 Å². The van der Waals surface area contributed by atoms with Gasteiger partial charge in [0.05, 0.1) is 12.0 Å². The molecule has 0 aromatic carbocycles. The Morgan fingerprint density at radius 2 is 1.73 bits per heavy atom. The summed E-state index contributed by atoms with van der Waals surface area (Å²) in [6, 6.07) is 0. The number of nitrogens with zero attached hydrogens (tertiary/aromatic N) is 1. The second kappa shape index (κ2) is 6.77. The van der Waals surface area contributed by atoms with Gasteiger partial charge in [-0.15, -0.1) is 13.1 Å². The molecule has 2 aliphatic heterocycles. The van der Waals surface area contributed by atoms with Crippen LogP contribution in [-0.2, 0) is 42.3 Å². The number of piperidine rings is 1. The number of hydrogen-bond donors (Lipinski definition) is 1.